The summed E-state index contributed by atoms with van der Waals surface area (Å²) in [6, 6.07) is 23.8. The van der Waals surface area contributed by atoms with E-state index in [0.29, 0.717) is 17.7 Å². The molecule has 3 rings (SSSR count). The van der Waals surface area contributed by atoms with E-state index in [1.807, 2.05) is 36.4 Å². The second-order valence-electron chi connectivity index (χ2n) is 7.59. The van der Waals surface area contributed by atoms with Crippen LogP contribution in [0.15, 0.2) is 84.9 Å². The molecule has 0 heterocycles. The number of benzene rings is 3. The molecule has 0 fully saturated rings. The maximum atomic E-state index is 13.1. The zero-order chi connectivity index (χ0) is 23.5. The summed E-state index contributed by atoms with van der Waals surface area (Å²) in [5.41, 5.74) is 2.24. The molecule has 174 valence electrons. The Morgan fingerprint density at radius 2 is 1.35 bits per heavy atom. The predicted octanol–water partition coefficient (Wildman–Crippen LogP) is 1.43. The Morgan fingerprint density at radius 1 is 0.765 bits per heavy atom. The van der Waals surface area contributed by atoms with E-state index < -0.39 is 18.9 Å². The first kappa shape index (κ1) is 27.6. The standard InChI is InChI=1S/C26H28N2O5.Na.H/c29-17-22(15-19-7-3-1-4-8-19)27-26(32)24(28-25(31)21-9-5-2-6-10-21)16-20-11-13-23(14-12-20)33-18-30;;/h1-14,22,24,29-30H,15-18H2,(H,27,32)(H,28,31);;/t22-,24-;;/m0../s1. The van der Waals surface area contributed by atoms with Gasteiger partial charge in [-0.2, -0.15) is 0 Å². The zero-order valence-electron chi connectivity index (χ0n) is 18.2. The molecular weight excluding hydrogens is 443 g/mol. The first-order chi connectivity index (χ1) is 16.1. The van der Waals surface area contributed by atoms with E-state index in [1.165, 1.54) is 0 Å². The van der Waals surface area contributed by atoms with Gasteiger partial charge in [-0.1, -0.05) is 60.7 Å². The Kier molecular flexibility index (Phi) is 11.8. The van der Waals surface area contributed by atoms with Gasteiger partial charge >= 0.3 is 29.6 Å². The first-order valence-corrected chi connectivity index (χ1v) is 10.7. The molecule has 8 heteroatoms. The SMILES string of the molecule is O=C(N[C@@H](Cc1ccc(OCO)cc1)C(=O)N[C@H](CO)Cc1ccccc1)c1ccccc1.[NaH]. The molecule has 4 N–H and O–H groups in total. The minimum absolute atomic E-state index is 0. The first-order valence-electron chi connectivity index (χ1n) is 10.7. The number of aliphatic hydroxyl groups excluding tert-OH is 2. The summed E-state index contributed by atoms with van der Waals surface area (Å²) in [6.45, 7) is -0.658. The van der Waals surface area contributed by atoms with E-state index in [9.17, 15) is 14.7 Å². The third-order valence-corrected chi connectivity index (χ3v) is 5.14. The average molecular weight is 473 g/mol. The van der Waals surface area contributed by atoms with Gasteiger partial charge in [-0.05, 0) is 41.8 Å². The quantitative estimate of drug-likeness (QED) is 0.250. The van der Waals surface area contributed by atoms with E-state index in [4.69, 9.17) is 9.84 Å². The van der Waals surface area contributed by atoms with Crippen molar-refractivity contribution < 1.29 is 24.5 Å². The Labute approximate surface area is 221 Å². The molecule has 0 bridgehead atoms. The van der Waals surface area contributed by atoms with Gasteiger partial charge in [-0.25, -0.2) is 0 Å². The van der Waals surface area contributed by atoms with Crippen LogP contribution in [0.25, 0.3) is 0 Å². The number of carbonyl (C=O) groups excluding carboxylic acids is 2. The van der Waals surface area contributed by atoms with Crippen molar-refractivity contribution in [2.75, 3.05) is 13.4 Å². The van der Waals surface area contributed by atoms with Crippen molar-refractivity contribution in [1.29, 1.82) is 0 Å². The van der Waals surface area contributed by atoms with Crippen molar-refractivity contribution in [3.05, 3.63) is 102 Å². The number of carbonyl (C=O) groups is 2. The molecule has 0 aliphatic rings. The molecule has 0 aliphatic heterocycles. The van der Waals surface area contributed by atoms with Crippen LogP contribution in [-0.4, -0.2) is 77.1 Å². The number of nitrogens with one attached hydrogen (secondary N) is 2. The fourth-order valence-electron chi connectivity index (χ4n) is 3.43. The van der Waals surface area contributed by atoms with Crippen molar-refractivity contribution in [2.24, 2.45) is 0 Å². The van der Waals surface area contributed by atoms with Crippen LogP contribution in [0.1, 0.15) is 21.5 Å². The number of rotatable bonds is 11. The molecule has 0 aromatic heterocycles. The summed E-state index contributed by atoms with van der Waals surface area (Å²) < 4.78 is 5.04. The van der Waals surface area contributed by atoms with E-state index in [2.05, 4.69) is 10.6 Å². The molecule has 0 saturated carbocycles. The summed E-state index contributed by atoms with van der Waals surface area (Å²) in [6.07, 6.45) is 0.711. The molecule has 2 amide bonds. The van der Waals surface area contributed by atoms with Crippen LogP contribution >= 0.6 is 0 Å². The van der Waals surface area contributed by atoms with Crippen LogP contribution in [0.4, 0.5) is 0 Å². The van der Waals surface area contributed by atoms with E-state index in [1.54, 1.807) is 48.5 Å². The molecular formula is C26H29N2NaO5. The van der Waals surface area contributed by atoms with E-state index in [-0.39, 0.29) is 54.4 Å². The molecule has 34 heavy (non-hydrogen) atoms. The molecule has 0 saturated heterocycles. The molecule has 0 radical (unpaired) electrons. The molecule has 7 nitrogen and oxygen atoms in total. The zero-order valence-corrected chi connectivity index (χ0v) is 18.2. The van der Waals surface area contributed by atoms with Crippen LogP contribution < -0.4 is 15.4 Å². The second kappa shape index (κ2) is 14.6. The van der Waals surface area contributed by atoms with Crippen LogP contribution in [0.3, 0.4) is 0 Å². The summed E-state index contributed by atoms with van der Waals surface area (Å²) in [4.78, 5) is 25.9. The van der Waals surface area contributed by atoms with E-state index >= 15 is 0 Å². The van der Waals surface area contributed by atoms with Crippen molar-refractivity contribution in [1.82, 2.24) is 10.6 Å². The monoisotopic (exact) mass is 472 g/mol. The van der Waals surface area contributed by atoms with Gasteiger partial charge in [-0.15, -0.1) is 0 Å². The Bertz CT molecular complexity index is 1020. The van der Waals surface area contributed by atoms with Gasteiger partial charge < -0.3 is 25.6 Å². The minimum atomic E-state index is -0.855. The normalized spacial score (nSPS) is 12.1. The molecule has 0 aliphatic carbocycles. The van der Waals surface area contributed by atoms with Crippen LogP contribution in [0.5, 0.6) is 5.75 Å². The molecule has 3 aromatic rings. The van der Waals surface area contributed by atoms with Gasteiger partial charge in [0.05, 0.1) is 12.6 Å². The van der Waals surface area contributed by atoms with Crippen molar-refractivity contribution in [3.63, 3.8) is 0 Å². The number of aliphatic hydroxyl groups is 2. The summed E-state index contributed by atoms with van der Waals surface area (Å²) >= 11 is 0. The number of ether oxygens (including phenoxy) is 1. The molecule has 0 unspecified atom stereocenters. The van der Waals surface area contributed by atoms with Crippen LogP contribution in [0, 0.1) is 0 Å². The summed E-state index contributed by atoms with van der Waals surface area (Å²) in [5.74, 6) is -0.247. The molecule has 0 spiro atoms. The maximum absolute atomic E-state index is 13.1. The van der Waals surface area contributed by atoms with Crippen molar-refractivity contribution >= 4 is 41.4 Å². The number of hydrogen-bond donors (Lipinski definition) is 4. The topological polar surface area (TPSA) is 108 Å². The Balaban J connectivity index is 0.00000408. The number of amides is 2. The third kappa shape index (κ3) is 8.59. The average Bonchev–Trinajstić information content (AvgIpc) is 2.85. The Morgan fingerprint density at radius 3 is 1.94 bits per heavy atom. The summed E-state index contributed by atoms with van der Waals surface area (Å²) in [5, 5.41) is 24.4. The molecule has 3 aromatic carbocycles. The predicted molar refractivity (Wildman–Crippen MR) is 132 cm³/mol. The third-order valence-electron chi connectivity index (χ3n) is 5.14. The van der Waals surface area contributed by atoms with Crippen molar-refractivity contribution in [2.45, 2.75) is 24.9 Å². The van der Waals surface area contributed by atoms with E-state index in [0.717, 1.165) is 11.1 Å². The van der Waals surface area contributed by atoms with Crippen LogP contribution in [0.2, 0.25) is 0 Å². The van der Waals surface area contributed by atoms with Gasteiger partial charge in [0, 0.05) is 12.0 Å². The fraction of sp³-hybridized carbons (Fsp3) is 0.231. The van der Waals surface area contributed by atoms with Crippen molar-refractivity contribution in [3.8, 4) is 5.75 Å². The summed E-state index contributed by atoms with van der Waals surface area (Å²) in [7, 11) is 0. The van der Waals surface area contributed by atoms with Gasteiger partial charge in [0.15, 0.2) is 6.79 Å². The Hall–Kier alpha value is -2.68. The number of hydrogen-bond acceptors (Lipinski definition) is 5. The van der Waals surface area contributed by atoms with Gasteiger partial charge in [0.2, 0.25) is 5.91 Å². The van der Waals surface area contributed by atoms with Gasteiger partial charge in [0.25, 0.3) is 5.91 Å². The van der Waals surface area contributed by atoms with Gasteiger partial charge in [-0.3, -0.25) is 9.59 Å². The second-order valence-corrected chi connectivity index (χ2v) is 7.59. The van der Waals surface area contributed by atoms with Gasteiger partial charge in [0.1, 0.15) is 11.8 Å². The molecule has 2 atom stereocenters. The van der Waals surface area contributed by atoms with Crippen LogP contribution in [-0.2, 0) is 17.6 Å². The fourth-order valence-corrected chi connectivity index (χ4v) is 3.43.